The lowest BCUT2D eigenvalue weighted by molar-refractivity contribution is 0.103. The molecule has 0 saturated heterocycles. The van der Waals surface area contributed by atoms with Crippen LogP contribution in [0.1, 0.15) is 28.8 Å². The summed E-state index contributed by atoms with van der Waals surface area (Å²) in [6, 6.07) is 16.1. The third-order valence-corrected chi connectivity index (χ3v) is 3.17. The van der Waals surface area contributed by atoms with Crippen molar-refractivity contribution in [3.63, 3.8) is 0 Å². The van der Waals surface area contributed by atoms with Crippen LogP contribution in [-0.2, 0) is 0 Å². The zero-order valence-corrected chi connectivity index (χ0v) is 12.4. The minimum atomic E-state index is -0.0429. The van der Waals surface area contributed by atoms with Crippen LogP contribution in [0.3, 0.4) is 0 Å². The lowest BCUT2D eigenvalue weighted by Gasteiger charge is -2.06. The summed E-state index contributed by atoms with van der Waals surface area (Å²) in [4.78, 5) is 12.3. The lowest BCUT2D eigenvalue weighted by atomic mass is 10.0. The Balaban J connectivity index is 1.99. The first kappa shape index (κ1) is 15.6. The van der Waals surface area contributed by atoms with Crippen molar-refractivity contribution in [2.75, 3.05) is 13.7 Å². The summed E-state index contributed by atoms with van der Waals surface area (Å²) < 4.78 is 10.6. The van der Waals surface area contributed by atoms with E-state index in [1.807, 2.05) is 0 Å². The highest BCUT2D eigenvalue weighted by Gasteiger charge is 2.09. The number of carbonyl (C=O) groups excluding carboxylic acids is 1. The van der Waals surface area contributed by atoms with E-state index < -0.39 is 0 Å². The summed E-state index contributed by atoms with van der Waals surface area (Å²) >= 11 is 0. The highest BCUT2D eigenvalue weighted by atomic mass is 16.5. The van der Waals surface area contributed by atoms with Crippen molar-refractivity contribution < 1.29 is 14.3 Å². The number of nitriles is 1. The molecule has 0 heterocycles. The number of hydrogen-bond acceptors (Lipinski definition) is 4. The van der Waals surface area contributed by atoms with E-state index in [0.29, 0.717) is 36.3 Å². The van der Waals surface area contributed by atoms with Gasteiger partial charge in [0.05, 0.1) is 19.8 Å². The number of ether oxygens (including phenoxy) is 2. The van der Waals surface area contributed by atoms with Gasteiger partial charge in [-0.15, -0.1) is 0 Å². The van der Waals surface area contributed by atoms with Gasteiger partial charge in [-0.05, 0) is 55.0 Å². The molecule has 0 N–H and O–H groups in total. The maximum absolute atomic E-state index is 12.3. The van der Waals surface area contributed by atoms with Crippen molar-refractivity contribution in [3.8, 4) is 17.6 Å². The largest absolute Gasteiger partial charge is 0.497 e. The predicted octanol–water partition coefficient (Wildman–Crippen LogP) is 3.61. The van der Waals surface area contributed by atoms with Gasteiger partial charge in [0.15, 0.2) is 5.78 Å². The molecular formula is C18H17NO3. The predicted molar refractivity (Wildman–Crippen MR) is 83.2 cm³/mol. The number of nitrogens with zero attached hydrogens (tertiary/aromatic N) is 1. The number of rotatable bonds is 7. The van der Waals surface area contributed by atoms with Crippen molar-refractivity contribution in [2.45, 2.75) is 12.8 Å². The van der Waals surface area contributed by atoms with E-state index in [4.69, 9.17) is 14.7 Å². The number of unbranched alkanes of at least 4 members (excludes halogenated alkanes) is 1. The van der Waals surface area contributed by atoms with E-state index in [9.17, 15) is 4.79 Å². The highest BCUT2D eigenvalue weighted by Crippen LogP contribution is 2.18. The topological polar surface area (TPSA) is 59.3 Å². The summed E-state index contributed by atoms with van der Waals surface area (Å²) in [5, 5.41) is 8.45. The molecule has 0 amide bonds. The van der Waals surface area contributed by atoms with Crippen LogP contribution < -0.4 is 9.47 Å². The first-order valence-electron chi connectivity index (χ1n) is 7.03. The van der Waals surface area contributed by atoms with Gasteiger partial charge in [0.25, 0.3) is 0 Å². The van der Waals surface area contributed by atoms with Crippen LogP contribution in [0.15, 0.2) is 48.5 Å². The molecule has 0 aliphatic rings. The quantitative estimate of drug-likeness (QED) is 0.578. The second-order valence-electron chi connectivity index (χ2n) is 4.69. The Hall–Kier alpha value is -2.80. The van der Waals surface area contributed by atoms with Crippen molar-refractivity contribution in [1.29, 1.82) is 5.26 Å². The van der Waals surface area contributed by atoms with Gasteiger partial charge >= 0.3 is 0 Å². The average molecular weight is 295 g/mol. The van der Waals surface area contributed by atoms with E-state index in [0.717, 1.165) is 5.75 Å². The van der Waals surface area contributed by atoms with Gasteiger partial charge in [-0.25, -0.2) is 0 Å². The molecule has 4 heteroatoms. The molecule has 0 saturated carbocycles. The molecular weight excluding hydrogens is 278 g/mol. The fourth-order valence-corrected chi connectivity index (χ4v) is 1.95. The Morgan fingerprint density at radius 3 is 2.05 bits per heavy atom. The van der Waals surface area contributed by atoms with Crippen LogP contribution in [0.5, 0.6) is 11.5 Å². The molecule has 0 spiro atoms. The van der Waals surface area contributed by atoms with Gasteiger partial charge in [0.2, 0.25) is 0 Å². The molecule has 0 radical (unpaired) electrons. The van der Waals surface area contributed by atoms with E-state index in [-0.39, 0.29) is 5.78 Å². The van der Waals surface area contributed by atoms with Crippen LogP contribution in [0.25, 0.3) is 0 Å². The molecule has 0 aliphatic heterocycles. The van der Waals surface area contributed by atoms with Gasteiger partial charge in [-0.3, -0.25) is 4.79 Å². The Morgan fingerprint density at radius 1 is 1.00 bits per heavy atom. The summed E-state index contributed by atoms with van der Waals surface area (Å²) in [7, 11) is 1.59. The normalized spacial score (nSPS) is 9.82. The third kappa shape index (κ3) is 4.10. The minimum Gasteiger partial charge on any atom is -0.497 e. The fraction of sp³-hybridized carbons (Fsp3) is 0.222. The molecule has 0 atom stereocenters. The van der Waals surface area contributed by atoms with E-state index in [1.54, 1.807) is 55.6 Å². The first-order valence-corrected chi connectivity index (χ1v) is 7.03. The Labute approximate surface area is 129 Å². The summed E-state index contributed by atoms with van der Waals surface area (Å²) in [5.74, 6) is 1.38. The maximum Gasteiger partial charge on any atom is 0.193 e. The molecule has 0 unspecified atom stereocenters. The number of benzene rings is 2. The number of ketones is 1. The third-order valence-electron chi connectivity index (χ3n) is 3.17. The number of hydrogen-bond donors (Lipinski definition) is 0. The lowest BCUT2D eigenvalue weighted by Crippen LogP contribution is -2.02. The monoisotopic (exact) mass is 295 g/mol. The number of methoxy groups -OCH3 is 1. The van der Waals surface area contributed by atoms with E-state index >= 15 is 0 Å². The molecule has 4 nitrogen and oxygen atoms in total. The van der Waals surface area contributed by atoms with E-state index in [2.05, 4.69) is 6.07 Å². The minimum absolute atomic E-state index is 0.0429. The SMILES string of the molecule is COc1ccc(C(=O)c2ccc(OCCCC#N)cc2)cc1. The van der Waals surface area contributed by atoms with Gasteiger partial charge in [0.1, 0.15) is 11.5 Å². The van der Waals surface area contributed by atoms with Crippen molar-refractivity contribution in [1.82, 2.24) is 0 Å². The average Bonchev–Trinajstić information content (AvgIpc) is 2.59. The van der Waals surface area contributed by atoms with Gasteiger partial charge in [-0.2, -0.15) is 5.26 Å². The van der Waals surface area contributed by atoms with Crippen molar-refractivity contribution in [2.24, 2.45) is 0 Å². The van der Waals surface area contributed by atoms with Crippen LogP contribution in [0.4, 0.5) is 0 Å². The van der Waals surface area contributed by atoms with Crippen LogP contribution in [-0.4, -0.2) is 19.5 Å². The van der Waals surface area contributed by atoms with Gasteiger partial charge < -0.3 is 9.47 Å². The molecule has 0 aliphatic carbocycles. The standard InChI is InChI=1S/C18H17NO3/c1-21-16-8-4-14(5-9-16)18(20)15-6-10-17(11-7-15)22-13-3-2-12-19/h4-11H,2-3,13H2,1H3. The number of carbonyl (C=O) groups is 1. The zero-order chi connectivity index (χ0) is 15.8. The van der Waals surface area contributed by atoms with Crippen LogP contribution in [0.2, 0.25) is 0 Å². The van der Waals surface area contributed by atoms with Crippen molar-refractivity contribution >= 4 is 5.78 Å². The smallest absolute Gasteiger partial charge is 0.193 e. The molecule has 2 aromatic rings. The highest BCUT2D eigenvalue weighted by molar-refractivity contribution is 6.09. The molecule has 0 aromatic heterocycles. The Kier molecular flexibility index (Phi) is 5.56. The van der Waals surface area contributed by atoms with E-state index in [1.165, 1.54) is 0 Å². The molecule has 22 heavy (non-hydrogen) atoms. The first-order chi connectivity index (χ1) is 10.7. The van der Waals surface area contributed by atoms with Crippen LogP contribution >= 0.6 is 0 Å². The van der Waals surface area contributed by atoms with Crippen LogP contribution in [0, 0.1) is 11.3 Å². The summed E-state index contributed by atoms with van der Waals surface area (Å²) in [5.41, 5.74) is 1.22. The second kappa shape index (κ2) is 7.84. The fourth-order valence-electron chi connectivity index (χ4n) is 1.95. The van der Waals surface area contributed by atoms with Crippen molar-refractivity contribution in [3.05, 3.63) is 59.7 Å². The molecule has 0 fully saturated rings. The maximum atomic E-state index is 12.3. The molecule has 2 rings (SSSR count). The van der Waals surface area contributed by atoms with Gasteiger partial charge in [0, 0.05) is 17.5 Å². The molecule has 112 valence electrons. The Morgan fingerprint density at radius 2 is 1.55 bits per heavy atom. The zero-order valence-electron chi connectivity index (χ0n) is 12.4. The summed E-state index contributed by atoms with van der Waals surface area (Å²) in [6.07, 6.45) is 1.18. The van der Waals surface area contributed by atoms with Gasteiger partial charge in [-0.1, -0.05) is 0 Å². The summed E-state index contributed by atoms with van der Waals surface area (Å²) in [6.45, 7) is 0.499. The Bertz CT molecular complexity index is 654. The second-order valence-corrected chi connectivity index (χ2v) is 4.69. The molecule has 2 aromatic carbocycles. The molecule has 0 bridgehead atoms.